The van der Waals surface area contributed by atoms with Crippen molar-refractivity contribution in [1.29, 1.82) is 0 Å². The number of aliphatic hydroxyl groups is 1. The molecule has 3 rings (SSSR count). The summed E-state index contributed by atoms with van der Waals surface area (Å²) in [5.74, 6) is 0. The number of hydrogen-bond donors (Lipinski definition) is 1. The van der Waals surface area contributed by atoms with E-state index in [2.05, 4.69) is 14.7 Å². The van der Waals surface area contributed by atoms with Crippen molar-refractivity contribution in [2.75, 3.05) is 57.3 Å². The van der Waals surface area contributed by atoms with E-state index < -0.39 is 0 Å². The molecule has 1 aromatic rings. The fourth-order valence-electron chi connectivity index (χ4n) is 3.26. The summed E-state index contributed by atoms with van der Waals surface area (Å²) in [7, 11) is 0. The monoisotopic (exact) mass is 306 g/mol. The molecular formula is C15H22N4O3. The molecule has 0 spiro atoms. The Hall–Kier alpha value is -1.70. The molecule has 22 heavy (non-hydrogen) atoms. The van der Waals surface area contributed by atoms with Crippen LogP contribution < -0.4 is 4.90 Å². The van der Waals surface area contributed by atoms with Gasteiger partial charge in [-0.1, -0.05) is 12.1 Å². The van der Waals surface area contributed by atoms with Crippen molar-refractivity contribution in [2.45, 2.75) is 6.04 Å². The van der Waals surface area contributed by atoms with Crippen LogP contribution in [0, 0.1) is 10.1 Å². The average Bonchev–Trinajstić information content (AvgIpc) is 2.48. The molecule has 2 aliphatic heterocycles. The molecule has 2 fully saturated rings. The van der Waals surface area contributed by atoms with Crippen molar-refractivity contribution in [3.05, 3.63) is 34.4 Å². The molecule has 0 aliphatic carbocycles. The summed E-state index contributed by atoms with van der Waals surface area (Å²) < 4.78 is 0. The Kier molecular flexibility index (Phi) is 4.56. The highest BCUT2D eigenvalue weighted by atomic mass is 16.6. The van der Waals surface area contributed by atoms with E-state index in [1.54, 1.807) is 12.1 Å². The number of nitro groups is 1. The third kappa shape index (κ3) is 3.06. The standard InChI is InChI=1S/C15H22N4O3/c20-10-9-16-5-7-17(8-6-16)13-11-18(12-13)14-3-1-2-4-15(14)19(21)22/h1-4,13,20H,5-12H2. The van der Waals surface area contributed by atoms with Crippen molar-refractivity contribution >= 4 is 11.4 Å². The van der Waals surface area contributed by atoms with Gasteiger partial charge in [0.1, 0.15) is 5.69 Å². The molecule has 0 radical (unpaired) electrons. The van der Waals surface area contributed by atoms with Crippen LogP contribution in [0.4, 0.5) is 11.4 Å². The minimum absolute atomic E-state index is 0.189. The summed E-state index contributed by atoms with van der Waals surface area (Å²) in [6.45, 7) is 6.67. The van der Waals surface area contributed by atoms with Crippen LogP contribution in [-0.2, 0) is 0 Å². The largest absolute Gasteiger partial charge is 0.395 e. The van der Waals surface area contributed by atoms with Crippen LogP contribution >= 0.6 is 0 Å². The number of aliphatic hydroxyl groups excluding tert-OH is 1. The Morgan fingerprint density at radius 3 is 2.50 bits per heavy atom. The van der Waals surface area contributed by atoms with Crippen LogP contribution in [0.25, 0.3) is 0 Å². The smallest absolute Gasteiger partial charge is 0.292 e. The van der Waals surface area contributed by atoms with E-state index >= 15 is 0 Å². The third-order valence-electron chi connectivity index (χ3n) is 4.62. The number of anilines is 1. The summed E-state index contributed by atoms with van der Waals surface area (Å²) in [6.07, 6.45) is 0. The van der Waals surface area contributed by atoms with Crippen molar-refractivity contribution in [3.8, 4) is 0 Å². The van der Waals surface area contributed by atoms with Crippen molar-refractivity contribution in [2.24, 2.45) is 0 Å². The van der Waals surface area contributed by atoms with Crippen LogP contribution in [0.5, 0.6) is 0 Å². The van der Waals surface area contributed by atoms with Gasteiger partial charge in [-0.15, -0.1) is 0 Å². The molecular weight excluding hydrogens is 284 g/mol. The molecule has 1 aromatic carbocycles. The van der Waals surface area contributed by atoms with Gasteiger partial charge in [-0.25, -0.2) is 0 Å². The Balaban J connectivity index is 1.54. The van der Waals surface area contributed by atoms with Gasteiger partial charge in [-0.3, -0.25) is 19.9 Å². The lowest BCUT2D eigenvalue weighted by atomic mass is 10.0. The van der Waals surface area contributed by atoms with Crippen molar-refractivity contribution < 1.29 is 10.0 Å². The summed E-state index contributed by atoms with van der Waals surface area (Å²) in [6, 6.07) is 7.43. The highest BCUT2D eigenvalue weighted by molar-refractivity contribution is 5.64. The lowest BCUT2D eigenvalue weighted by molar-refractivity contribution is -0.384. The highest BCUT2D eigenvalue weighted by Crippen LogP contribution is 2.32. The van der Waals surface area contributed by atoms with Gasteiger partial charge >= 0.3 is 0 Å². The van der Waals surface area contributed by atoms with Gasteiger partial charge in [-0.2, -0.15) is 0 Å². The maximum absolute atomic E-state index is 11.1. The second kappa shape index (κ2) is 6.60. The van der Waals surface area contributed by atoms with E-state index in [9.17, 15) is 10.1 Å². The fraction of sp³-hybridized carbons (Fsp3) is 0.600. The second-order valence-electron chi connectivity index (χ2n) is 5.91. The average molecular weight is 306 g/mol. The Labute approximate surface area is 129 Å². The van der Waals surface area contributed by atoms with Gasteiger partial charge in [0.05, 0.1) is 11.5 Å². The van der Waals surface area contributed by atoms with E-state index in [0.29, 0.717) is 6.04 Å². The third-order valence-corrected chi connectivity index (χ3v) is 4.62. The van der Waals surface area contributed by atoms with Crippen LogP contribution in [0.3, 0.4) is 0 Å². The SMILES string of the molecule is O=[N+]([O-])c1ccccc1N1CC(N2CCN(CCO)CC2)C1. The second-order valence-corrected chi connectivity index (χ2v) is 5.91. The molecule has 1 N–H and O–H groups in total. The number of nitrogens with zero attached hydrogens (tertiary/aromatic N) is 4. The maximum Gasteiger partial charge on any atom is 0.292 e. The van der Waals surface area contributed by atoms with E-state index in [1.165, 1.54) is 0 Å². The summed E-state index contributed by atoms with van der Waals surface area (Å²) in [5.41, 5.74) is 0.913. The molecule has 7 heteroatoms. The molecule has 0 amide bonds. The minimum Gasteiger partial charge on any atom is -0.395 e. The quantitative estimate of drug-likeness (QED) is 0.627. The topological polar surface area (TPSA) is 73.1 Å². The van der Waals surface area contributed by atoms with Gasteiger partial charge in [0.15, 0.2) is 0 Å². The predicted octanol–water partition coefficient (Wildman–Crippen LogP) is 0.393. The molecule has 2 heterocycles. The minimum atomic E-state index is -0.309. The van der Waals surface area contributed by atoms with Crippen LogP contribution in [0.15, 0.2) is 24.3 Å². The van der Waals surface area contributed by atoms with Gasteiger partial charge in [0, 0.05) is 57.9 Å². The molecule has 2 saturated heterocycles. The van der Waals surface area contributed by atoms with Gasteiger partial charge in [0.25, 0.3) is 5.69 Å². The van der Waals surface area contributed by atoms with E-state index in [4.69, 9.17) is 5.11 Å². The number of hydrogen-bond acceptors (Lipinski definition) is 6. The number of piperazine rings is 1. The van der Waals surface area contributed by atoms with Crippen molar-refractivity contribution in [1.82, 2.24) is 9.80 Å². The Morgan fingerprint density at radius 2 is 1.86 bits per heavy atom. The van der Waals surface area contributed by atoms with E-state index in [-0.39, 0.29) is 17.2 Å². The normalized spacial score (nSPS) is 20.9. The van der Waals surface area contributed by atoms with Crippen LogP contribution in [-0.4, -0.2) is 78.3 Å². The van der Waals surface area contributed by atoms with Gasteiger partial charge in [0.2, 0.25) is 0 Å². The molecule has 0 unspecified atom stereocenters. The van der Waals surface area contributed by atoms with E-state index in [1.807, 2.05) is 12.1 Å². The molecule has 0 aromatic heterocycles. The number of nitro benzene ring substituents is 1. The first-order chi connectivity index (χ1) is 10.7. The Morgan fingerprint density at radius 1 is 1.18 bits per heavy atom. The van der Waals surface area contributed by atoms with Gasteiger partial charge < -0.3 is 10.0 Å². The number of benzene rings is 1. The summed E-state index contributed by atoms with van der Waals surface area (Å²) in [4.78, 5) is 17.6. The predicted molar refractivity (Wildman–Crippen MR) is 84.2 cm³/mol. The van der Waals surface area contributed by atoms with Crippen LogP contribution in [0.1, 0.15) is 0 Å². The molecule has 0 atom stereocenters. The van der Waals surface area contributed by atoms with Crippen LogP contribution in [0.2, 0.25) is 0 Å². The zero-order chi connectivity index (χ0) is 15.5. The summed E-state index contributed by atoms with van der Waals surface area (Å²) in [5, 5.41) is 20.1. The van der Waals surface area contributed by atoms with Gasteiger partial charge in [-0.05, 0) is 6.07 Å². The van der Waals surface area contributed by atoms with Crippen molar-refractivity contribution in [3.63, 3.8) is 0 Å². The first-order valence-corrected chi connectivity index (χ1v) is 7.74. The zero-order valence-electron chi connectivity index (χ0n) is 12.6. The number of β-amino-alcohol motifs (C(OH)–C–C–N with tert-alkyl or cyclic N) is 1. The lowest BCUT2D eigenvalue weighted by Crippen LogP contribution is -2.63. The molecule has 0 saturated carbocycles. The van der Waals surface area contributed by atoms with E-state index in [0.717, 1.165) is 51.5 Å². The molecule has 120 valence electrons. The maximum atomic E-state index is 11.1. The first-order valence-electron chi connectivity index (χ1n) is 7.74. The highest BCUT2D eigenvalue weighted by Gasteiger charge is 2.35. The summed E-state index contributed by atoms with van der Waals surface area (Å²) >= 11 is 0. The lowest BCUT2D eigenvalue weighted by Gasteiger charge is -2.48. The molecule has 7 nitrogen and oxygen atoms in total. The zero-order valence-corrected chi connectivity index (χ0v) is 12.6. The molecule has 0 bridgehead atoms. The number of rotatable bonds is 5. The fourth-order valence-corrected chi connectivity index (χ4v) is 3.26. The molecule has 2 aliphatic rings. The Bertz CT molecular complexity index is 525. The number of para-hydroxylation sites is 2. The first kappa shape index (κ1) is 15.2.